The van der Waals surface area contributed by atoms with Crippen molar-refractivity contribution < 1.29 is 18.0 Å². The molecule has 1 aromatic carbocycles. The molecule has 2 aromatic rings. The van der Waals surface area contributed by atoms with Gasteiger partial charge in [0.2, 0.25) is 15.9 Å². The molecule has 158 valence electrons. The smallest absolute Gasteiger partial charge is 0.251 e. The maximum Gasteiger partial charge on any atom is 0.251 e. The van der Waals surface area contributed by atoms with Crippen LogP contribution in [0.4, 0.5) is 5.00 Å². The normalized spacial score (nSPS) is 16.5. The highest BCUT2D eigenvalue weighted by atomic mass is 32.2. The van der Waals surface area contributed by atoms with Crippen LogP contribution in [0.3, 0.4) is 0 Å². The first kappa shape index (κ1) is 21.9. The Kier molecular flexibility index (Phi) is 6.52. The van der Waals surface area contributed by atoms with Gasteiger partial charge < -0.3 is 11.1 Å². The quantitative estimate of drug-likeness (QED) is 0.679. The number of amides is 2. The van der Waals surface area contributed by atoms with Gasteiger partial charge in [-0.3, -0.25) is 14.5 Å². The number of thiophene rings is 1. The number of hydrogen-bond acceptors (Lipinski definition) is 7. The van der Waals surface area contributed by atoms with Gasteiger partial charge in [-0.1, -0.05) is 12.1 Å². The largest absolute Gasteiger partial charge is 0.366 e. The zero-order valence-electron chi connectivity index (χ0n) is 16.2. The summed E-state index contributed by atoms with van der Waals surface area (Å²) in [5.41, 5.74) is 5.66. The summed E-state index contributed by atoms with van der Waals surface area (Å²) in [4.78, 5) is 25.9. The molecule has 9 nitrogen and oxygen atoms in total. The summed E-state index contributed by atoms with van der Waals surface area (Å²) in [6.07, 6.45) is 0. The van der Waals surface area contributed by atoms with Crippen LogP contribution in [0, 0.1) is 11.3 Å². The van der Waals surface area contributed by atoms with Crippen LogP contribution in [0.25, 0.3) is 0 Å². The Bertz CT molecular complexity index is 1100. The van der Waals surface area contributed by atoms with Gasteiger partial charge in [-0.25, -0.2) is 8.42 Å². The van der Waals surface area contributed by atoms with Gasteiger partial charge in [-0.15, -0.1) is 11.3 Å². The topological polar surface area (TPSA) is 137 Å². The number of primary amides is 1. The van der Waals surface area contributed by atoms with Gasteiger partial charge in [-0.05, 0) is 30.5 Å². The minimum absolute atomic E-state index is 0.0107. The van der Waals surface area contributed by atoms with Gasteiger partial charge in [0.05, 0.1) is 22.1 Å². The van der Waals surface area contributed by atoms with E-state index in [1.807, 2.05) is 11.0 Å². The molecule has 0 radical (unpaired) electrons. The summed E-state index contributed by atoms with van der Waals surface area (Å²) >= 11 is 1.21. The summed E-state index contributed by atoms with van der Waals surface area (Å²) in [6.45, 7) is 2.84. The lowest BCUT2D eigenvalue weighted by molar-refractivity contribution is -0.121. The van der Waals surface area contributed by atoms with E-state index in [-0.39, 0.29) is 35.0 Å². The zero-order chi connectivity index (χ0) is 21.9. The molecule has 1 aliphatic rings. The molecular formula is C19H21N5O4S2. The minimum atomic E-state index is -3.80. The number of carbonyl (C=O) groups excluding carboxylic acids is 2. The Morgan fingerprint density at radius 3 is 2.50 bits per heavy atom. The van der Waals surface area contributed by atoms with E-state index in [2.05, 4.69) is 5.32 Å². The Morgan fingerprint density at radius 2 is 1.87 bits per heavy atom. The zero-order valence-corrected chi connectivity index (χ0v) is 17.9. The van der Waals surface area contributed by atoms with Crippen molar-refractivity contribution in [1.29, 1.82) is 5.26 Å². The highest BCUT2D eigenvalue weighted by Crippen LogP contribution is 2.24. The van der Waals surface area contributed by atoms with E-state index in [0.717, 1.165) is 0 Å². The number of benzene rings is 1. The van der Waals surface area contributed by atoms with Gasteiger partial charge in [0, 0.05) is 26.2 Å². The standard InChI is InChI=1S/C19H21N5O4S2/c1-13(18(26)22-19-15(17(21)25)6-11-29-19)23-7-9-24(10-8-23)30(27,28)16-5-3-2-4-14(16)12-20/h2-6,11,13H,7-10H2,1H3,(H2,21,25)(H,22,26)/t13-/m0/s1. The second kappa shape index (κ2) is 8.93. The number of nitriles is 1. The van der Waals surface area contributed by atoms with Crippen LogP contribution in [-0.2, 0) is 14.8 Å². The molecule has 1 fully saturated rings. The molecule has 30 heavy (non-hydrogen) atoms. The summed E-state index contributed by atoms with van der Waals surface area (Å²) in [5, 5.41) is 14.0. The molecule has 1 aromatic heterocycles. The fourth-order valence-corrected chi connectivity index (χ4v) is 5.60. The maximum absolute atomic E-state index is 12.9. The number of rotatable bonds is 6. The number of piperazine rings is 1. The highest BCUT2D eigenvalue weighted by Gasteiger charge is 2.33. The summed E-state index contributed by atoms with van der Waals surface area (Å²) < 4.78 is 27.2. The molecule has 3 rings (SSSR count). The molecule has 0 unspecified atom stereocenters. The fourth-order valence-electron chi connectivity index (χ4n) is 3.24. The third kappa shape index (κ3) is 4.36. The number of carbonyl (C=O) groups is 2. The van der Waals surface area contributed by atoms with E-state index in [0.29, 0.717) is 18.1 Å². The molecule has 0 spiro atoms. The van der Waals surface area contributed by atoms with Crippen molar-refractivity contribution in [3.8, 4) is 6.07 Å². The first-order chi connectivity index (χ1) is 14.3. The molecule has 0 saturated carbocycles. The Labute approximate surface area is 178 Å². The minimum Gasteiger partial charge on any atom is -0.366 e. The van der Waals surface area contributed by atoms with Gasteiger partial charge in [-0.2, -0.15) is 9.57 Å². The fraction of sp³-hybridized carbons (Fsp3) is 0.316. The van der Waals surface area contributed by atoms with Crippen LogP contribution in [0.1, 0.15) is 22.8 Å². The van der Waals surface area contributed by atoms with Crippen molar-refractivity contribution in [2.75, 3.05) is 31.5 Å². The molecule has 1 atom stereocenters. The van der Waals surface area contributed by atoms with Crippen molar-refractivity contribution in [2.24, 2.45) is 5.73 Å². The van der Waals surface area contributed by atoms with Gasteiger partial charge in [0.15, 0.2) is 0 Å². The predicted octanol–water partition coefficient (Wildman–Crippen LogP) is 1.05. The van der Waals surface area contributed by atoms with Gasteiger partial charge in [0.1, 0.15) is 11.1 Å². The molecule has 1 saturated heterocycles. The SMILES string of the molecule is C[C@@H](C(=O)Nc1sccc1C(N)=O)N1CCN(S(=O)(=O)c2ccccc2C#N)CC1. The van der Waals surface area contributed by atoms with E-state index < -0.39 is 22.0 Å². The predicted molar refractivity (Wildman–Crippen MR) is 112 cm³/mol. The number of hydrogen-bond donors (Lipinski definition) is 2. The Hall–Kier alpha value is -2.78. The second-order valence-electron chi connectivity index (χ2n) is 6.74. The molecule has 0 bridgehead atoms. The van der Waals surface area contributed by atoms with E-state index in [1.54, 1.807) is 30.5 Å². The van der Waals surface area contributed by atoms with Crippen molar-refractivity contribution in [3.63, 3.8) is 0 Å². The van der Waals surface area contributed by atoms with E-state index in [4.69, 9.17) is 5.73 Å². The average Bonchev–Trinajstić information content (AvgIpc) is 3.21. The van der Waals surface area contributed by atoms with Crippen LogP contribution < -0.4 is 11.1 Å². The molecule has 0 aliphatic carbocycles. The van der Waals surface area contributed by atoms with Crippen LogP contribution >= 0.6 is 11.3 Å². The third-order valence-corrected chi connectivity index (χ3v) is 7.78. The van der Waals surface area contributed by atoms with Crippen LogP contribution in [0.2, 0.25) is 0 Å². The van der Waals surface area contributed by atoms with Crippen molar-refractivity contribution in [3.05, 3.63) is 46.8 Å². The van der Waals surface area contributed by atoms with Crippen molar-refractivity contribution in [1.82, 2.24) is 9.21 Å². The molecular weight excluding hydrogens is 426 g/mol. The van der Waals surface area contributed by atoms with Crippen LogP contribution in [0.15, 0.2) is 40.6 Å². The first-order valence-corrected chi connectivity index (χ1v) is 11.5. The number of nitrogens with one attached hydrogen (secondary N) is 1. The van der Waals surface area contributed by atoms with E-state index in [1.165, 1.54) is 27.8 Å². The monoisotopic (exact) mass is 447 g/mol. The number of anilines is 1. The first-order valence-electron chi connectivity index (χ1n) is 9.17. The number of nitrogens with zero attached hydrogens (tertiary/aromatic N) is 3. The molecule has 11 heteroatoms. The maximum atomic E-state index is 12.9. The molecule has 2 heterocycles. The lowest BCUT2D eigenvalue weighted by Crippen LogP contribution is -2.54. The van der Waals surface area contributed by atoms with Gasteiger partial charge >= 0.3 is 0 Å². The summed E-state index contributed by atoms with van der Waals surface area (Å²) in [7, 11) is -3.80. The van der Waals surface area contributed by atoms with Crippen LogP contribution in [0.5, 0.6) is 0 Å². The summed E-state index contributed by atoms with van der Waals surface area (Å²) in [6, 6.07) is 9.04. The second-order valence-corrected chi connectivity index (χ2v) is 9.56. The van der Waals surface area contributed by atoms with Gasteiger partial charge in [0.25, 0.3) is 5.91 Å². The number of sulfonamides is 1. The summed E-state index contributed by atoms with van der Waals surface area (Å²) in [5.74, 6) is -0.915. The third-order valence-electron chi connectivity index (χ3n) is 4.99. The Morgan fingerprint density at radius 1 is 1.20 bits per heavy atom. The molecule has 3 N–H and O–H groups in total. The highest BCUT2D eigenvalue weighted by molar-refractivity contribution is 7.89. The number of nitrogens with two attached hydrogens (primary N) is 1. The molecule has 2 amide bonds. The molecule has 1 aliphatic heterocycles. The van der Waals surface area contributed by atoms with Crippen LogP contribution in [-0.4, -0.2) is 61.7 Å². The average molecular weight is 448 g/mol. The lowest BCUT2D eigenvalue weighted by Gasteiger charge is -2.36. The Balaban J connectivity index is 1.65. The van der Waals surface area contributed by atoms with E-state index in [9.17, 15) is 23.3 Å². The lowest BCUT2D eigenvalue weighted by atomic mass is 10.2. The van der Waals surface area contributed by atoms with E-state index >= 15 is 0 Å². The van der Waals surface area contributed by atoms with Crippen molar-refractivity contribution in [2.45, 2.75) is 17.9 Å². The van der Waals surface area contributed by atoms with Crippen molar-refractivity contribution >= 4 is 38.2 Å².